The molecule has 0 unspecified atom stereocenters. The number of nitrogens with zero attached hydrogens (tertiary/aromatic N) is 4. The van der Waals surface area contributed by atoms with E-state index in [-0.39, 0.29) is 11.5 Å². The molecule has 0 aliphatic carbocycles. The molecule has 3 aromatic rings. The van der Waals surface area contributed by atoms with Crippen LogP contribution in [0.25, 0.3) is 10.8 Å². The van der Waals surface area contributed by atoms with Gasteiger partial charge in [0.05, 0.1) is 23.5 Å². The van der Waals surface area contributed by atoms with Gasteiger partial charge in [-0.1, -0.05) is 30.3 Å². The lowest BCUT2D eigenvalue weighted by molar-refractivity contribution is 0.0663. The van der Waals surface area contributed by atoms with Gasteiger partial charge >= 0.3 is 0 Å². The Morgan fingerprint density at radius 2 is 1.84 bits per heavy atom. The molecule has 5 rings (SSSR count). The summed E-state index contributed by atoms with van der Waals surface area (Å²) in [5.74, 6) is 1.99. The van der Waals surface area contributed by atoms with Gasteiger partial charge in [-0.2, -0.15) is 5.10 Å². The van der Waals surface area contributed by atoms with Gasteiger partial charge in [0.15, 0.2) is 0 Å². The van der Waals surface area contributed by atoms with Crippen molar-refractivity contribution in [3.63, 3.8) is 0 Å². The van der Waals surface area contributed by atoms with E-state index >= 15 is 0 Å². The third-order valence-corrected chi connectivity index (χ3v) is 6.81. The summed E-state index contributed by atoms with van der Waals surface area (Å²) < 4.78 is 0. The van der Waals surface area contributed by atoms with E-state index in [9.17, 15) is 9.59 Å². The largest absolute Gasteiger partial charge is 0.366 e. The maximum atomic E-state index is 13.3. The number of hydrogen-bond acceptors (Lipinski definition) is 6. The van der Waals surface area contributed by atoms with Gasteiger partial charge < -0.3 is 20.4 Å². The number of amidine groups is 1. The van der Waals surface area contributed by atoms with Crippen LogP contribution in [0.5, 0.6) is 0 Å². The van der Waals surface area contributed by atoms with Crippen LogP contribution in [-0.4, -0.2) is 71.5 Å². The molecule has 2 aromatic carbocycles. The zero-order valence-electron chi connectivity index (χ0n) is 21.1. The Labute approximate surface area is 215 Å². The lowest BCUT2D eigenvalue weighted by Gasteiger charge is -2.38. The van der Waals surface area contributed by atoms with Crippen LogP contribution in [0.3, 0.4) is 0 Å². The molecule has 2 aliphatic heterocycles. The topological polar surface area (TPSA) is 106 Å². The van der Waals surface area contributed by atoms with Crippen molar-refractivity contribution in [1.29, 1.82) is 0 Å². The molecule has 3 N–H and O–H groups in total. The van der Waals surface area contributed by atoms with E-state index in [4.69, 9.17) is 0 Å². The molecule has 0 bridgehead atoms. The number of nitrogens with one attached hydrogen (secondary N) is 3. The number of piperazine rings is 1. The molecule has 37 heavy (non-hydrogen) atoms. The Morgan fingerprint density at radius 3 is 2.57 bits per heavy atom. The van der Waals surface area contributed by atoms with Crippen molar-refractivity contribution in [2.45, 2.75) is 13.3 Å². The summed E-state index contributed by atoms with van der Waals surface area (Å²) in [5, 5.41) is 15.1. The quantitative estimate of drug-likeness (QED) is 0.369. The molecule has 2 aliphatic rings. The summed E-state index contributed by atoms with van der Waals surface area (Å²) >= 11 is 0. The predicted molar refractivity (Wildman–Crippen MR) is 145 cm³/mol. The van der Waals surface area contributed by atoms with E-state index in [0.29, 0.717) is 37.0 Å². The molecule has 9 heteroatoms. The van der Waals surface area contributed by atoms with Gasteiger partial charge in [-0.05, 0) is 42.8 Å². The molecule has 1 amide bonds. The van der Waals surface area contributed by atoms with Crippen molar-refractivity contribution >= 4 is 22.5 Å². The van der Waals surface area contributed by atoms with Gasteiger partial charge in [-0.25, -0.2) is 5.10 Å². The smallest absolute Gasteiger partial charge is 0.272 e. The molecular weight excluding hydrogens is 466 g/mol. The number of amides is 1. The fraction of sp³-hybridized carbons (Fsp3) is 0.286. The van der Waals surface area contributed by atoms with Crippen molar-refractivity contribution in [3.8, 4) is 0 Å². The number of rotatable bonds is 5. The number of aliphatic imine (C=N–C) groups is 1. The standard InChI is InChI=1S/C28H31N7O2/c1-19(29-2)31-22-10-11-26(30-18-22)34-12-14-35(15-13-34)28(37)21-7-5-6-20(16-21)17-25-23-8-3-4-9-24(23)27(36)33-32-25/h3-11,16,30H,12-15,17-18H2,1-2H3,(H,29,31)(H,33,36). The number of aromatic nitrogens is 2. The predicted octanol–water partition coefficient (Wildman–Crippen LogP) is 2.24. The number of dihydropyridines is 1. The first-order chi connectivity index (χ1) is 18.0. The minimum Gasteiger partial charge on any atom is -0.366 e. The lowest BCUT2D eigenvalue weighted by Crippen LogP contribution is -2.50. The Hall–Kier alpha value is -4.40. The van der Waals surface area contributed by atoms with Crippen LogP contribution < -0.4 is 16.2 Å². The highest BCUT2D eigenvalue weighted by Crippen LogP contribution is 2.19. The number of H-pyrrole nitrogens is 1. The first-order valence-electron chi connectivity index (χ1n) is 12.5. The van der Waals surface area contributed by atoms with Crippen molar-refractivity contribution in [1.82, 2.24) is 30.6 Å². The van der Waals surface area contributed by atoms with Crippen LogP contribution in [0.1, 0.15) is 28.5 Å². The second-order valence-corrected chi connectivity index (χ2v) is 9.23. The van der Waals surface area contributed by atoms with Gasteiger partial charge in [0.1, 0.15) is 5.82 Å². The van der Waals surface area contributed by atoms with Gasteiger partial charge in [-0.15, -0.1) is 0 Å². The number of fused-ring (bicyclic) bond motifs is 1. The Bertz CT molecular complexity index is 1460. The number of carbonyl (C=O) groups is 1. The molecule has 0 saturated carbocycles. The maximum Gasteiger partial charge on any atom is 0.272 e. The van der Waals surface area contributed by atoms with E-state index in [1.807, 2.05) is 54.3 Å². The second kappa shape index (κ2) is 10.7. The van der Waals surface area contributed by atoms with Gasteiger partial charge in [-0.3, -0.25) is 14.6 Å². The highest BCUT2D eigenvalue weighted by Gasteiger charge is 2.24. The summed E-state index contributed by atoms with van der Waals surface area (Å²) in [6, 6.07) is 15.1. The van der Waals surface area contributed by atoms with Crippen LogP contribution in [0, 0.1) is 0 Å². The number of allylic oxidation sites excluding steroid dienone is 2. The number of benzene rings is 2. The van der Waals surface area contributed by atoms with Crippen LogP contribution >= 0.6 is 0 Å². The number of aromatic amines is 1. The lowest BCUT2D eigenvalue weighted by atomic mass is 10.0. The fourth-order valence-corrected chi connectivity index (χ4v) is 4.72. The SMILES string of the molecule is CN=C(C)NC1=CC=C(N2CCN(C(=O)c3cccc(Cc4n[nH]c(=O)c5ccccc45)c3)CC2)NC1. The van der Waals surface area contributed by atoms with Crippen LogP contribution in [0.4, 0.5) is 0 Å². The third kappa shape index (κ3) is 5.40. The van der Waals surface area contributed by atoms with E-state index in [1.54, 1.807) is 13.1 Å². The van der Waals surface area contributed by atoms with Crippen LogP contribution in [0.2, 0.25) is 0 Å². The highest BCUT2D eigenvalue weighted by molar-refractivity contribution is 5.94. The van der Waals surface area contributed by atoms with Crippen molar-refractivity contribution in [2.75, 3.05) is 39.8 Å². The van der Waals surface area contributed by atoms with Crippen LogP contribution in [0.15, 0.2) is 82.0 Å². The van der Waals surface area contributed by atoms with E-state index < -0.39 is 0 Å². The molecule has 0 atom stereocenters. The molecular formula is C28H31N7O2. The van der Waals surface area contributed by atoms with Gasteiger partial charge in [0.2, 0.25) is 0 Å². The summed E-state index contributed by atoms with van der Waals surface area (Å²) in [6.45, 7) is 5.50. The fourth-order valence-electron chi connectivity index (χ4n) is 4.72. The zero-order valence-corrected chi connectivity index (χ0v) is 21.1. The molecule has 1 aromatic heterocycles. The monoisotopic (exact) mass is 497 g/mol. The third-order valence-electron chi connectivity index (χ3n) is 6.81. The molecule has 0 spiro atoms. The van der Waals surface area contributed by atoms with E-state index in [1.165, 1.54) is 0 Å². The molecule has 1 fully saturated rings. The average Bonchev–Trinajstić information content (AvgIpc) is 2.95. The first-order valence-corrected chi connectivity index (χ1v) is 12.5. The highest BCUT2D eigenvalue weighted by atomic mass is 16.2. The Morgan fingerprint density at radius 1 is 1.05 bits per heavy atom. The van der Waals surface area contributed by atoms with Crippen LogP contribution in [-0.2, 0) is 6.42 Å². The second-order valence-electron chi connectivity index (χ2n) is 9.23. The minimum absolute atomic E-state index is 0.0343. The first kappa shape index (κ1) is 24.3. The number of carbonyl (C=O) groups excluding carboxylic acids is 1. The molecule has 9 nitrogen and oxygen atoms in total. The minimum atomic E-state index is -0.198. The number of hydrogen-bond donors (Lipinski definition) is 3. The molecule has 1 saturated heterocycles. The van der Waals surface area contributed by atoms with E-state index in [0.717, 1.165) is 47.1 Å². The van der Waals surface area contributed by atoms with Gasteiger partial charge in [0.25, 0.3) is 11.5 Å². The summed E-state index contributed by atoms with van der Waals surface area (Å²) in [6.07, 6.45) is 4.67. The van der Waals surface area contributed by atoms with Crippen molar-refractivity contribution < 1.29 is 4.79 Å². The van der Waals surface area contributed by atoms with Gasteiger partial charge in [0, 0.05) is 56.3 Å². The zero-order chi connectivity index (χ0) is 25.8. The average molecular weight is 498 g/mol. The summed E-state index contributed by atoms with van der Waals surface area (Å²) in [5.41, 5.74) is 3.30. The normalized spacial score (nSPS) is 16.2. The molecule has 3 heterocycles. The molecule has 190 valence electrons. The maximum absolute atomic E-state index is 13.3. The Balaban J connectivity index is 1.23. The molecule has 0 radical (unpaired) electrons. The summed E-state index contributed by atoms with van der Waals surface area (Å²) in [7, 11) is 1.77. The van der Waals surface area contributed by atoms with E-state index in [2.05, 4.69) is 42.9 Å². The Kier molecular flexibility index (Phi) is 7.02. The summed E-state index contributed by atoms with van der Waals surface area (Å²) in [4.78, 5) is 33.7. The van der Waals surface area contributed by atoms with Crippen molar-refractivity contribution in [2.24, 2.45) is 4.99 Å². The van der Waals surface area contributed by atoms with Crippen molar-refractivity contribution in [3.05, 3.63) is 99.4 Å².